The normalized spacial score (nSPS) is 16.4. The molecule has 0 unspecified atom stereocenters. The Bertz CT molecular complexity index is 670. The predicted octanol–water partition coefficient (Wildman–Crippen LogP) is 2.83. The Morgan fingerprint density at radius 2 is 1.80 bits per heavy atom. The molecule has 0 atom stereocenters. The second-order valence-electron chi connectivity index (χ2n) is 6.13. The molecule has 4 N–H and O–H groups in total. The quantitative estimate of drug-likeness (QED) is 0.561. The van der Waals surface area contributed by atoms with Crippen LogP contribution in [0.5, 0.6) is 0 Å². The summed E-state index contributed by atoms with van der Waals surface area (Å²) in [5.74, 6) is -1.14. The van der Waals surface area contributed by atoms with E-state index in [4.69, 9.17) is 17.3 Å². The number of urea groups is 1. The van der Waals surface area contributed by atoms with E-state index >= 15 is 0 Å². The molecule has 0 saturated heterocycles. The summed E-state index contributed by atoms with van der Waals surface area (Å²) in [6, 6.07) is 3.90. The number of nitrogens with one attached hydrogen (secondary N) is 2. The fraction of sp³-hybridized carbons (Fsp3) is 0.471. The molecule has 2 rings (SSSR count). The van der Waals surface area contributed by atoms with Crippen molar-refractivity contribution in [2.24, 2.45) is 5.73 Å². The van der Waals surface area contributed by atoms with Gasteiger partial charge in [-0.3, -0.25) is 4.79 Å². The first-order chi connectivity index (χ1) is 11.9. The van der Waals surface area contributed by atoms with Crippen molar-refractivity contribution >= 4 is 35.2 Å². The Morgan fingerprint density at radius 3 is 2.36 bits per heavy atom. The highest BCUT2D eigenvalue weighted by molar-refractivity contribution is 6.33. The molecular weight excluding hydrogens is 346 g/mol. The van der Waals surface area contributed by atoms with Gasteiger partial charge in [0.15, 0.2) is 0 Å². The summed E-state index contributed by atoms with van der Waals surface area (Å²) < 4.78 is 4.65. The fourth-order valence-electron chi connectivity index (χ4n) is 3.01. The lowest BCUT2D eigenvalue weighted by Gasteiger charge is -2.30. The summed E-state index contributed by atoms with van der Waals surface area (Å²) in [4.78, 5) is 36.0. The zero-order chi connectivity index (χ0) is 18.4. The molecule has 0 bridgehead atoms. The van der Waals surface area contributed by atoms with Gasteiger partial charge in [-0.1, -0.05) is 37.3 Å². The lowest BCUT2D eigenvalue weighted by atomic mass is 9.89. The van der Waals surface area contributed by atoms with Gasteiger partial charge in [-0.05, 0) is 31.0 Å². The van der Waals surface area contributed by atoms with Crippen molar-refractivity contribution in [2.45, 2.75) is 44.1 Å². The Balaban J connectivity index is 2.13. The second kappa shape index (κ2) is 8.20. The number of carbonyl (C=O) groups excluding carboxylic acids is 3. The van der Waals surface area contributed by atoms with E-state index in [1.54, 1.807) is 6.07 Å². The molecule has 1 aromatic carbocycles. The average Bonchev–Trinajstić information content (AvgIpc) is 2.82. The molecule has 7 nitrogen and oxygen atoms in total. The summed E-state index contributed by atoms with van der Waals surface area (Å²) in [6.45, 7) is 0. The molecule has 1 saturated carbocycles. The van der Waals surface area contributed by atoms with Crippen molar-refractivity contribution in [3.8, 4) is 0 Å². The lowest BCUT2D eigenvalue weighted by molar-refractivity contribution is -0.124. The van der Waals surface area contributed by atoms with Crippen LogP contribution in [0.3, 0.4) is 0 Å². The SMILES string of the molecule is COC(=O)c1cc(NC(=O)NC2(C(N)=O)CCCCCC2)ccc1Cl. The number of benzene rings is 1. The van der Waals surface area contributed by atoms with Gasteiger partial charge in [-0.25, -0.2) is 9.59 Å². The topological polar surface area (TPSA) is 111 Å². The predicted molar refractivity (Wildman–Crippen MR) is 94.6 cm³/mol. The monoisotopic (exact) mass is 367 g/mol. The molecular formula is C17H22ClN3O4. The minimum atomic E-state index is -1.04. The Hall–Kier alpha value is -2.28. The number of methoxy groups -OCH3 is 1. The Labute approximate surface area is 151 Å². The third-order valence-electron chi connectivity index (χ3n) is 4.41. The molecule has 1 aliphatic carbocycles. The minimum Gasteiger partial charge on any atom is -0.465 e. The van der Waals surface area contributed by atoms with Gasteiger partial charge in [-0.15, -0.1) is 0 Å². The minimum absolute atomic E-state index is 0.140. The van der Waals surface area contributed by atoms with Crippen LogP contribution in [0.4, 0.5) is 10.5 Å². The van der Waals surface area contributed by atoms with Crippen LogP contribution < -0.4 is 16.4 Å². The maximum Gasteiger partial charge on any atom is 0.339 e. The maximum absolute atomic E-state index is 12.4. The highest BCUT2D eigenvalue weighted by Gasteiger charge is 2.38. The Kier molecular flexibility index (Phi) is 6.25. The number of anilines is 1. The molecule has 0 heterocycles. The molecule has 0 aliphatic heterocycles. The number of rotatable bonds is 4. The summed E-state index contributed by atoms with van der Waals surface area (Å²) in [6.07, 6.45) is 4.72. The van der Waals surface area contributed by atoms with Gasteiger partial charge in [0.05, 0.1) is 17.7 Å². The van der Waals surface area contributed by atoms with Gasteiger partial charge in [0.2, 0.25) is 5.91 Å². The number of nitrogens with two attached hydrogens (primary N) is 1. The summed E-state index contributed by atoms with van der Waals surface area (Å²) in [7, 11) is 1.24. The van der Waals surface area contributed by atoms with E-state index < -0.39 is 23.4 Å². The largest absolute Gasteiger partial charge is 0.465 e. The number of hydrogen-bond acceptors (Lipinski definition) is 4. The lowest BCUT2D eigenvalue weighted by Crippen LogP contribution is -2.58. The van der Waals surface area contributed by atoms with Crippen LogP contribution in [-0.2, 0) is 9.53 Å². The van der Waals surface area contributed by atoms with E-state index in [0.717, 1.165) is 25.7 Å². The summed E-state index contributed by atoms with van der Waals surface area (Å²) >= 11 is 5.95. The first-order valence-electron chi connectivity index (χ1n) is 8.15. The number of ether oxygens (including phenoxy) is 1. The van der Waals surface area contributed by atoms with E-state index in [2.05, 4.69) is 15.4 Å². The van der Waals surface area contributed by atoms with Crippen molar-refractivity contribution in [3.63, 3.8) is 0 Å². The van der Waals surface area contributed by atoms with E-state index in [9.17, 15) is 14.4 Å². The van der Waals surface area contributed by atoms with Crippen molar-refractivity contribution in [3.05, 3.63) is 28.8 Å². The zero-order valence-corrected chi connectivity index (χ0v) is 14.8. The van der Waals surface area contributed by atoms with Crippen molar-refractivity contribution in [1.29, 1.82) is 0 Å². The molecule has 1 aromatic rings. The molecule has 0 spiro atoms. The van der Waals surface area contributed by atoms with Crippen LogP contribution in [0.1, 0.15) is 48.9 Å². The van der Waals surface area contributed by atoms with Crippen LogP contribution in [0.2, 0.25) is 5.02 Å². The third-order valence-corrected chi connectivity index (χ3v) is 4.74. The van der Waals surface area contributed by atoms with Crippen LogP contribution in [-0.4, -0.2) is 30.6 Å². The smallest absolute Gasteiger partial charge is 0.339 e. The number of esters is 1. The average molecular weight is 368 g/mol. The van der Waals surface area contributed by atoms with Crippen LogP contribution in [0.25, 0.3) is 0 Å². The third kappa shape index (κ3) is 4.63. The number of amides is 3. The first-order valence-corrected chi connectivity index (χ1v) is 8.53. The van der Waals surface area contributed by atoms with E-state index in [-0.39, 0.29) is 10.6 Å². The van der Waals surface area contributed by atoms with Gasteiger partial charge in [0, 0.05) is 5.69 Å². The van der Waals surface area contributed by atoms with Gasteiger partial charge >= 0.3 is 12.0 Å². The summed E-state index contributed by atoms with van der Waals surface area (Å²) in [5.41, 5.74) is 5.01. The van der Waals surface area contributed by atoms with Gasteiger partial charge in [0.1, 0.15) is 5.54 Å². The van der Waals surface area contributed by atoms with Crippen LogP contribution in [0, 0.1) is 0 Å². The molecule has 25 heavy (non-hydrogen) atoms. The van der Waals surface area contributed by atoms with E-state index in [1.165, 1.54) is 19.2 Å². The summed E-state index contributed by atoms with van der Waals surface area (Å²) in [5, 5.41) is 5.55. The molecule has 8 heteroatoms. The highest BCUT2D eigenvalue weighted by Crippen LogP contribution is 2.27. The molecule has 1 fully saturated rings. The molecule has 3 amide bonds. The van der Waals surface area contributed by atoms with E-state index in [0.29, 0.717) is 18.5 Å². The first kappa shape index (κ1) is 19.1. The number of hydrogen-bond donors (Lipinski definition) is 3. The Morgan fingerprint density at radius 1 is 1.16 bits per heavy atom. The van der Waals surface area contributed by atoms with Gasteiger partial charge in [-0.2, -0.15) is 0 Å². The molecule has 136 valence electrons. The number of halogens is 1. The molecule has 1 aliphatic rings. The van der Waals surface area contributed by atoms with Gasteiger partial charge < -0.3 is 21.1 Å². The second-order valence-corrected chi connectivity index (χ2v) is 6.53. The highest BCUT2D eigenvalue weighted by atomic mass is 35.5. The van der Waals surface area contributed by atoms with Crippen molar-refractivity contribution in [1.82, 2.24) is 5.32 Å². The maximum atomic E-state index is 12.4. The molecule has 0 radical (unpaired) electrons. The van der Waals surface area contributed by atoms with Gasteiger partial charge in [0.25, 0.3) is 0 Å². The standard InChI is InChI=1S/C17H22ClN3O4/c1-25-14(22)12-10-11(6-7-13(12)18)20-16(24)21-17(15(19)23)8-4-2-3-5-9-17/h6-7,10H,2-5,8-9H2,1H3,(H2,19,23)(H2,20,21,24). The van der Waals surface area contributed by atoms with Crippen LogP contribution >= 0.6 is 11.6 Å². The molecule has 0 aromatic heterocycles. The van der Waals surface area contributed by atoms with Crippen molar-refractivity contribution in [2.75, 3.05) is 12.4 Å². The van der Waals surface area contributed by atoms with E-state index in [1.807, 2.05) is 0 Å². The van der Waals surface area contributed by atoms with Crippen LogP contribution in [0.15, 0.2) is 18.2 Å². The van der Waals surface area contributed by atoms with Crippen molar-refractivity contribution < 1.29 is 19.1 Å². The number of carbonyl (C=O) groups is 3. The number of primary amides is 1. The fourth-order valence-corrected chi connectivity index (χ4v) is 3.21. The zero-order valence-electron chi connectivity index (χ0n) is 14.1.